The Morgan fingerprint density at radius 3 is 2.33 bits per heavy atom. The number of piperidine rings is 1. The molecule has 0 saturated carbocycles. The molecule has 1 aliphatic heterocycles. The molecule has 1 saturated heterocycles. The summed E-state index contributed by atoms with van der Waals surface area (Å²) >= 11 is 0. The number of hydrogen-bond donors (Lipinski definition) is 1. The summed E-state index contributed by atoms with van der Waals surface area (Å²) in [6, 6.07) is 7.43. The van der Waals surface area contributed by atoms with Gasteiger partial charge in [0.1, 0.15) is 0 Å². The molecule has 2 rings (SSSR count). The van der Waals surface area contributed by atoms with Crippen LogP contribution in [-0.2, 0) is 16.4 Å². The van der Waals surface area contributed by atoms with E-state index in [1.165, 1.54) is 6.26 Å². The Morgan fingerprint density at radius 1 is 1.29 bits per heavy atom. The molecule has 0 amide bonds. The van der Waals surface area contributed by atoms with Crippen molar-refractivity contribution in [3.05, 3.63) is 29.8 Å². The van der Waals surface area contributed by atoms with Crippen molar-refractivity contribution in [2.45, 2.75) is 37.8 Å². The van der Waals surface area contributed by atoms with Crippen molar-refractivity contribution >= 4 is 22.2 Å². The van der Waals surface area contributed by atoms with E-state index in [4.69, 9.17) is 5.73 Å². The molecule has 1 heterocycles. The van der Waals surface area contributed by atoms with E-state index in [-0.39, 0.29) is 23.9 Å². The van der Waals surface area contributed by atoms with Crippen molar-refractivity contribution in [1.82, 2.24) is 4.90 Å². The summed E-state index contributed by atoms with van der Waals surface area (Å²) in [5, 5.41) is 0. The second-order valence-electron chi connectivity index (χ2n) is 6.51. The lowest BCUT2D eigenvalue weighted by Gasteiger charge is -2.42. The Labute approximate surface area is 134 Å². The molecule has 2 N–H and O–H groups in total. The summed E-state index contributed by atoms with van der Waals surface area (Å²) in [6.07, 6.45) is 2.24. The van der Waals surface area contributed by atoms with Gasteiger partial charge in [0, 0.05) is 31.9 Å². The molecule has 1 unspecified atom stereocenters. The highest BCUT2D eigenvalue weighted by Gasteiger charge is 2.33. The summed E-state index contributed by atoms with van der Waals surface area (Å²) in [7, 11) is -3.11. The Kier molecular flexibility index (Phi) is 5.83. The van der Waals surface area contributed by atoms with Crippen LogP contribution in [0.5, 0.6) is 0 Å². The number of benzene rings is 1. The van der Waals surface area contributed by atoms with Crippen molar-refractivity contribution in [1.29, 1.82) is 0 Å². The zero-order chi connectivity index (χ0) is 15.0. The lowest BCUT2D eigenvalue weighted by atomic mass is 9.79. The molecular weight excluding hydrogens is 308 g/mol. The first-order valence-electron chi connectivity index (χ1n) is 6.95. The zero-order valence-electron chi connectivity index (χ0n) is 12.9. The smallest absolute Gasteiger partial charge is 0.175 e. The third-order valence-electron chi connectivity index (χ3n) is 4.15. The maximum atomic E-state index is 11.4. The van der Waals surface area contributed by atoms with Gasteiger partial charge in [-0.05, 0) is 29.5 Å². The molecular formula is C15H25ClN2O2S. The first-order chi connectivity index (χ1) is 9.18. The van der Waals surface area contributed by atoms with Gasteiger partial charge in [-0.25, -0.2) is 8.42 Å². The molecule has 1 fully saturated rings. The monoisotopic (exact) mass is 332 g/mol. The van der Waals surface area contributed by atoms with Crippen LogP contribution in [0.2, 0.25) is 0 Å². The highest BCUT2D eigenvalue weighted by atomic mass is 35.5. The van der Waals surface area contributed by atoms with E-state index in [1.807, 2.05) is 12.1 Å². The van der Waals surface area contributed by atoms with Crippen LogP contribution < -0.4 is 5.73 Å². The third kappa shape index (κ3) is 4.68. The second kappa shape index (κ2) is 6.65. The van der Waals surface area contributed by atoms with E-state index in [2.05, 4.69) is 18.7 Å². The molecule has 1 aromatic rings. The van der Waals surface area contributed by atoms with Crippen LogP contribution in [0.25, 0.3) is 0 Å². The number of likely N-dealkylation sites (tertiary alicyclic amines) is 1. The Balaban J connectivity index is 0.00000220. The highest BCUT2D eigenvalue weighted by Crippen LogP contribution is 2.28. The van der Waals surface area contributed by atoms with E-state index >= 15 is 0 Å². The molecule has 0 aromatic heterocycles. The van der Waals surface area contributed by atoms with Gasteiger partial charge in [0.05, 0.1) is 4.90 Å². The van der Waals surface area contributed by atoms with Crippen molar-refractivity contribution in [2.24, 2.45) is 11.1 Å². The Hall–Kier alpha value is -0.620. The number of sulfone groups is 1. The minimum absolute atomic E-state index is 0. The van der Waals surface area contributed by atoms with Crippen LogP contribution in [0.1, 0.15) is 25.8 Å². The van der Waals surface area contributed by atoms with Crippen molar-refractivity contribution in [3.63, 3.8) is 0 Å². The van der Waals surface area contributed by atoms with Crippen LogP contribution >= 0.6 is 12.4 Å². The summed E-state index contributed by atoms with van der Waals surface area (Å²) in [4.78, 5) is 2.76. The van der Waals surface area contributed by atoms with Gasteiger partial charge < -0.3 is 5.73 Å². The Bertz CT molecular complexity index is 570. The minimum atomic E-state index is -3.11. The summed E-state index contributed by atoms with van der Waals surface area (Å²) in [5.41, 5.74) is 7.41. The molecule has 0 spiro atoms. The first-order valence-corrected chi connectivity index (χ1v) is 8.84. The third-order valence-corrected chi connectivity index (χ3v) is 5.28. The van der Waals surface area contributed by atoms with E-state index < -0.39 is 9.84 Å². The average molecular weight is 333 g/mol. The topological polar surface area (TPSA) is 63.4 Å². The Morgan fingerprint density at radius 2 is 1.86 bits per heavy atom. The average Bonchev–Trinajstić information content (AvgIpc) is 2.33. The number of rotatable bonds is 3. The number of halogens is 1. The van der Waals surface area contributed by atoms with Gasteiger partial charge in [0.2, 0.25) is 0 Å². The van der Waals surface area contributed by atoms with Gasteiger partial charge in [0.15, 0.2) is 9.84 Å². The second-order valence-corrected chi connectivity index (χ2v) is 8.53. The maximum absolute atomic E-state index is 11.4. The summed E-state index contributed by atoms with van der Waals surface area (Å²) in [5.74, 6) is 0. The molecule has 6 heteroatoms. The first kappa shape index (κ1) is 18.4. The summed E-state index contributed by atoms with van der Waals surface area (Å²) in [6.45, 7) is 7.23. The van der Waals surface area contributed by atoms with Crippen molar-refractivity contribution in [3.8, 4) is 0 Å². The normalized spacial score (nSPS) is 22.6. The molecule has 1 aliphatic rings. The van der Waals surface area contributed by atoms with E-state index in [9.17, 15) is 8.42 Å². The molecule has 0 bridgehead atoms. The molecule has 0 aliphatic carbocycles. The zero-order valence-corrected chi connectivity index (χ0v) is 14.5. The highest BCUT2D eigenvalue weighted by molar-refractivity contribution is 7.90. The molecule has 21 heavy (non-hydrogen) atoms. The number of nitrogens with zero attached hydrogens (tertiary/aromatic N) is 1. The van der Waals surface area contributed by atoms with Crippen LogP contribution in [0, 0.1) is 5.41 Å². The van der Waals surface area contributed by atoms with Crippen LogP contribution in [0.15, 0.2) is 29.2 Å². The SMILES string of the molecule is CC1(C)CN(Cc2ccc(S(C)(=O)=O)cc2)CCC1N.Cl. The van der Waals surface area contributed by atoms with E-state index in [0.29, 0.717) is 4.90 Å². The van der Waals surface area contributed by atoms with Crippen LogP contribution in [-0.4, -0.2) is 38.7 Å². The minimum Gasteiger partial charge on any atom is -0.327 e. The number of hydrogen-bond acceptors (Lipinski definition) is 4. The molecule has 1 atom stereocenters. The van der Waals surface area contributed by atoms with Gasteiger partial charge in [-0.2, -0.15) is 0 Å². The van der Waals surface area contributed by atoms with Crippen molar-refractivity contribution in [2.75, 3.05) is 19.3 Å². The fourth-order valence-electron chi connectivity index (χ4n) is 2.72. The fraction of sp³-hybridized carbons (Fsp3) is 0.600. The lowest BCUT2D eigenvalue weighted by molar-refractivity contribution is 0.0899. The van der Waals surface area contributed by atoms with E-state index in [0.717, 1.165) is 31.6 Å². The fourth-order valence-corrected chi connectivity index (χ4v) is 3.35. The van der Waals surface area contributed by atoms with Gasteiger partial charge in [0.25, 0.3) is 0 Å². The maximum Gasteiger partial charge on any atom is 0.175 e. The molecule has 4 nitrogen and oxygen atoms in total. The summed E-state index contributed by atoms with van der Waals surface area (Å²) < 4.78 is 22.9. The molecule has 0 radical (unpaired) electrons. The predicted octanol–water partition coefficient (Wildman–Crippen LogP) is 2.07. The van der Waals surface area contributed by atoms with Gasteiger partial charge in [-0.1, -0.05) is 26.0 Å². The standard InChI is InChI=1S/C15H24N2O2S.ClH/c1-15(2)11-17(9-8-14(15)16)10-12-4-6-13(7-5-12)20(3,18)19;/h4-7,14H,8-11,16H2,1-3H3;1H. The van der Waals surface area contributed by atoms with E-state index in [1.54, 1.807) is 12.1 Å². The van der Waals surface area contributed by atoms with Gasteiger partial charge >= 0.3 is 0 Å². The largest absolute Gasteiger partial charge is 0.327 e. The van der Waals surface area contributed by atoms with Crippen molar-refractivity contribution < 1.29 is 8.42 Å². The predicted molar refractivity (Wildman–Crippen MR) is 88.5 cm³/mol. The van der Waals surface area contributed by atoms with Gasteiger partial charge in [-0.15, -0.1) is 12.4 Å². The lowest BCUT2D eigenvalue weighted by Crippen LogP contribution is -2.52. The van der Waals surface area contributed by atoms with Crippen LogP contribution in [0.4, 0.5) is 0 Å². The number of nitrogens with two attached hydrogens (primary N) is 1. The molecule has 120 valence electrons. The van der Waals surface area contributed by atoms with Gasteiger partial charge in [-0.3, -0.25) is 4.90 Å². The molecule has 1 aromatic carbocycles. The van der Waals surface area contributed by atoms with Crippen LogP contribution in [0.3, 0.4) is 0 Å². The quantitative estimate of drug-likeness (QED) is 0.920.